The number of hydrogen-bond donors (Lipinski definition) is 2. The second-order valence-electron chi connectivity index (χ2n) is 4.53. The smallest absolute Gasteiger partial charge is 0.240 e. The van der Waals surface area contributed by atoms with Crippen molar-refractivity contribution in [1.82, 2.24) is 4.72 Å². The summed E-state index contributed by atoms with van der Waals surface area (Å²) >= 11 is 0. The van der Waals surface area contributed by atoms with E-state index in [4.69, 9.17) is 0 Å². The minimum atomic E-state index is -3.58. The van der Waals surface area contributed by atoms with E-state index in [-0.39, 0.29) is 11.4 Å². The monoisotopic (exact) mass is 319 g/mol. The number of benzene rings is 1. The normalized spacial score (nSPS) is 14.9. The molecule has 2 N–H and O–H groups in total. The topological polar surface area (TPSA) is 83.5 Å². The van der Waals surface area contributed by atoms with Crippen molar-refractivity contribution < 1.29 is 17.7 Å². The molecule has 0 spiro atoms. The second kappa shape index (κ2) is 7.87. The Morgan fingerprint density at radius 3 is 2.70 bits per heavy atom. The molecule has 1 aromatic rings. The van der Waals surface area contributed by atoms with Gasteiger partial charge in [0.1, 0.15) is 0 Å². The third kappa shape index (κ3) is 5.32. The minimum Gasteiger partial charge on any atom is -0.388 e. The van der Waals surface area contributed by atoms with Crippen molar-refractivity contribution in [3.63, 3.8) is 0 Å². The Bertz CT molecular complexity index is 557. The first-order valence-electron chi connectivity index (χ1n) is 6.44. The molecule has 0 amide bonds. The van der Waals surface area contributed by atoms with Gasteiger partial charge in [-0.15, -0.1) is 0 Å². The number of aliphatic hydroxyl groups is 1. The number of rotatable bonds is 8. The fourth-order valence-electron chi connectivity index (χ4n) is 1.69. The molecule has 0 heterocycles. The van der Waals surface area contributed by atoms with Gasteiger partial charge in [-0.25, -0.2) is 13.1 Å². The van der Waals surface area contributed by atoms with Crippen LogP contribution in [-0.4, -0.2) is 36.3 Å². The summed E-state index contributed by atoms with van der Waals surface area (Å²) in [7, 11) is -4.50. The molecule has 0 saturated carbocycles. The molecular weight excluding hydrogens is 298 g/mol. The molecule has 0 aliphatic heterocycles. The van der Waals surface area contributed by atoms with Gasteiger partial charge in [0.15, 0.2) is 0 Å². The summed E-state index contributed by atoms with van der Waals surface area (Å²) in [6.07, 6.45) is 1.98. The highest BCUT2D eigenvalue weighted by molar-refractivity contribution is 7.89. The average molecular weight is 319 g/mol. The molecule has 0 fully saturated rings. The minimum absolute atomic E-state index is 0.139. The maximum atomic E-state index is 12.1. The summed E-state index contributed by atoms with van der Waals surface area (Å²) < 4.78 is 37.5. The molecule has 20 heavy (non-hydrogen) atoms. The van der Waals surface area contributed by atoms with Crippen LogP contribution in [0.25, 0.3) is 0 Å². The van der Waals surface area contributed by atoms with E-state index in [1.54, 1.807) is 18.4 Å². The van der Waals surface area contributed by atoms with Gasteiger partial charge in [-0.3, -0.25) is 4.21 Å². The van der Waals surface area contributed by atoms with E-state index in [0.29, 0.717) is 24.2 Å². The summed E-state index contributed by atoms with van der Waals surface area (Å²) in [5.41, 5.74) is 0.588. The van der Waals surface area contributed by atoms with E-state index in [1.165, 1.54) is 12.1 Å². The molecule has 0 saturated heterocycles. The van der Waals surface area contributed by atoms with Gasteiger partial charge in [0.25, 0.3) is 0 Å². The van der Waals surface area contributed by atoms with Crippen LogP contribution in [0.5, 0.6) is 0 Å². The SMILES string of the molecule is CCC(O)c1cccc(S(=O)(=O)NCCCS(C)=O)c1. The Morgan fingerprint density at radius 1 is 1.40 bits per heavy atom. The molecule has 0 aromatic heterocycles. The molecule has 7 heteroatoms. The van der Waals surface area contributed by atoms with Crippen molar-refractivity contribution >= 4 is 20.8 Å². The third-order valence-corrected chi connectivity index (χ3v) is 5.16. The van der Waals surface area contributed by atoms with Crippen LogP contribution in [0.15, 0.2) is 29.2 Å². The maximum Gasteiger partial charge on any atom is 0.240 e. The summed E-state index contributed by atoms with van der Waals surface area (Å²) in [5, 5.41) is 9.75. The van der Waals surface area contributed by atoms with E-state index >= 15 is 0 Å². The summed E-state index contributed by atoms with van der Waals surface area (Å²) in [6.45, 7) is 2.08. The van der Waals surface area contributed by atoms with E-state index in [9.17, 15) is 17.7 Å². The lowest BCUT2D eigenvalue weighted by atomic mass is 10.1. The van der Waals surface area contributed by atoms with Gasteiger partial charge in [-0.2, -0.15) is 0 Å². The van der Waals surface area contributed by atoms with E-state index in [1.807, 2.05) is 6.92 Å². The number of sulfonamides is 1. The molecular formula is C13H21NO4S2. The molecule has 2 atom stereocenters. The largest absolute Gasteiger partial charge is 0.388 e. The average Bonchev–Trinajstić information content (AvgIpc) is 2.42. The first-order chi connectivity index (χ1) is 9.36. The van der Waals surface area contributed by atoms with Crippen LogP contribution in [-0.2, 0) is 20.8 Å². The Labute approximate surface area is 122 Å². The molecule has 2 unspecified atom stereocenters. The molecule has 0 aliphatic carbocycles. The van der Waals surface area contributed by atoms with Gasteiger partial charge in [-0.05, 0) is 30.5 Å². The zero-order valence-electron chi connectivity index (χ0n) is 11.7. The number of aliphatic hydroxyl groups excluding tert-OH is 1. The second-order valence-corrected chi connectivity index (χ2v) is 7.85. The maximum absolute atomic E-state index is 12.1. The van der Waals surface area contributed by atoms with Crippen LogP contribution in [0.2, 0.25) is 0 Å². The fraction of sp³-hybridized carbons (Fsp3) is 0.538. The van der Waals surface area contributed by atoms with Gasteiger partial charge in [0.05, 0.1) is 11.0 Å². The van der Waals surface area contributed by atoms with Crippen LogP contribution in [0.1, 0.15) is 31.4 Å². The summed E-state index contributed by atoms with van der Waals surface area (Å²) in [4.78, 5) is 0.139. The molecule has 0 aliphatic rings. The quantitative estimate of drug-likeness (QED) is 0.705. The third-order valence-electron chi connectivity index (χ3n) is 2.84. The first kappa shape index (κ1) is 17.3. The lowest BCUT2D eigenvalue weighted by Crippen LogP contribution is -2.25. The molecule has 5 nitrogen and oxygen atoms in total. The Balaban J connectivity index is 2.74. The van der Waals surface area contributed by atoms with Crippen LogP contribution >= 0.6 is 0 Å². The highest BCUT2D eigenvalue weighted by atomic mass is 32.2. The Hall–Kier alpha value is -0.760. The Morgan fingerprint density at radius 2 is 2.10 bits per heavy atom. The molecule has 114 valence electrons. The van der Waals surface area contributed by atoms with E-state index in [2.05, 4.69) is 4.72 Å². The zero-order valence-corrected chi connectivity index (χ0v) is 13.3. The molecule has 1 aromatic carbocycles. The van der Waals surface area contributed by atoms with Crippen LogP contribution < -0.4 is 4.72 Å². The first-order valence-corrected chi connectivity index (χ1v) is 9.65. The van der Waals surface area contributed by atoms with Crippen molar-refractivity contribution in [3.05, 3.63) is 29.8 Å². The number of nitrogens with one attached hydrogen (secondary N) is 1. The molecule has 0 bridgehead atoms. The van der Waals surface area contributed by atoms with Crippen molar-refractivity contribution in [2.75, 3.05) is 18.6 Å². The van der Waals surface area contributed by atoms with Crippen molar-refractivity contribution in [3.8, 4) is 0 Å². The lowest BCUT2D eigenvalue weighted by molar-refractivity contribution is 0.173. The summed E-state index contributed by atoms with van der Waals surface area (Å²) in [5.74, 6) is 0.469. The van der Waals surface area contributed by atoms with Gasteiger partial charge in [0, 0.05) is 29.4 Å². The van der Waals surface area contributed by atoms with Crippen LogP contribution in [0.3, 0.4) is 0 Å². The predicted octanol–water partition coefficient (Wildman–Crippen LogP) is 1.18. The zero-order chi connectivity index (χ0) is 15.2. The van der Waals surface area contributed by atoms with E-state index < -0.39 is 26.9 Å². The van der Waals surface area contributed by atoms with Gasteiger partial charge < -0.3 is 5.11 Å². The number of hydrogen-bond acceptors (Lipinski definition) is 4. The van der Waals surface area contributed by atoms with Crippen molar-refractivity contribution in [2.24, 2.45) is 0 Å². The standard InChI is InChI=1S/C13H21NO4S2/c1-3-13(15)11-6-4-7-12(10-11)20(17,18)14-8-5-9-19(2)16/h4,6-7,10,13-15H,3,5,8-9H2,1-2H3. The highest BCUT2D eigenvalue weighted by Gasteiger charge is 2.15. The van der Waals surface area contributed by atoms with Gasteiger partial charge in [-0.1, -0.05) is 19.1 Å². The van der Waals surface area contributed by atoms with Crippen LogP contribution in [0.4, 0.5) is 0 Å². The van der Waals surface area contributed by atoms with Gasteiger partial charge in [0.2, 0.25) is 10.0 Å². The Kier molecular flexibility index (Phi) is 6.81. The van der Waals surface area contributed by atoms with Crippen LogP contribution in [0, 0.1) is 0 Å². The van der Waals surface area contributed by atoms with Crippen molar-refractivity contribution in [1.29, 1.82) is 0 Å². The molecule has 0 radical (unpaired) electrons. The predicted molar refractivity (Wildman–Crippen MR) is 80.4 cm³/mol. The lowest BCUT2D eigenvalue weighted by Gasteiger charge is -2.11. The highest BCUT2D eigenvalue weighted by Crippen LogP contribution is 2.19. The summed E-state index contributed by atoms with van der Waals surface area (Å²) in [6, 6.07) is 6.29. The van der Waals surface area contributed by atoms with E-state index in [0.717, 1.165) is 0 Å². The van der Waals surface area contributed by atoms with Gasteiger partial charge >= 0.3 is 0 Å². The van der Waals surface area contributed by atoms with Crippen molar-refractivity contribution in [2.45, 2.75) is 30.8 Å². The fourth-order valence-corrected chi connectivity index (χ4v) is 3.37. The molecule has 1 rings (SSSR count).